The Labute approximate surface area is 116 Å². The number of hydrogen-bond acceptors (Lipinski definition) is 3. The molecule has 0 heterocycles. The van der Waals surface area contributed by atoms with Gasteiger partial charge in [0.15, 0.2) is 5.78 Å². The van der Waals surface area contributed by atoms with Gasteiger partial charge < -0.3 is 4.74 Å². The molecule has 0 unspecified atom stereocenters. The lowest BCUT2D eigenvalue weighted by Gasteiger charge is -2.04. The molecular formula is C15H13N3O2. The van der Waals surface area contributed by atoms with Gasteiger partial charge in [0.2, 0.25) is 0 Å². The van der Waals surface area contributed by atoms with Crippen LogP contribution in [0.4, 0.5) is 5.69 Å². The number of azide groups is 1. The number of benzene rings is 2. The standard InChI is InChI=1S/C15H13N3O2/c1-20-14-8-4-12(5-9-14)15(19)10-11-2-6-13(7-3-11)17-18-16/h2-9H,10H2,1H3. The summed E-state index contributed by atoms with van der Waals surface area (Å²) in [4.78, 5) is 14.8. The van der Waals surface area contributed by atoms with E-state index in [1.165, 1.54) is 0 Å². The summed E-state index contributed by atoms with van der Waals surface area (Å²) in [5.41, 5.74) is 10.4. The Morgan fingerprint density at radius 1 is 1.15 bits per heavy atom. The van der Waals surface area contributed by atoms with Crippen LogP contribution in [0.15, 0.2) is 53.6 Å². The van der Waals surface area contributed by atoms with Crippen LogP contribution in [0.25, 0.3) is 10.4 Å². The summed E-state index contributed by atoms with van der Waals surface area (Å²) in [6.07, 6.45) is 0.308. The number of hydrogen-bond donors (Lipinski definition) is 0. The first kappa shape index (κ1) is 13.6. The molecule has 5 heteroatoms. The van der Waals surface area contributed by atoms with Crippen molar-refractivity contribution in [1.29, 1.82) is 0 Å². The van der Waals surface area contributed by atoms with Crippen molar-refractivity contribution in [2.24, 2.45) is 5.11 Å². The third kappa shape index (κ3) is 3.37. The lowest BCUT2D eigenvalue weighted by Crippen LogP contribution is -2.03. The molecule has 0 spiro atoms. The highest BCUT2D eigenvalue weighted by molar-refractivity contribution is 5.97. The molecule has 2 aromatic rings. The summed E-state index contributed by atoms with van der Waals surface area (Å²) >= 11 is 0. The van der Waals surface area contributed by atoms with Crippen LogP contribution in [-0.2, 0) is 6.42 Å². The van der Waals surface area contributed by atoms with Crippen molar-refractivity contribution >= 4 is 11.5 Å². The minimum atomic E-state index is 0.0317. The van der Waals surface area contributed by atoms with Gasteiger partial charge in [0.1, 0.15) is 5.75 Å². The number of carbonyl (C=O) groups excluding carboxylic acids is 1. The molecule has 0 N–H and O–H groups in total. The number of ether oxygens (including phenoxy) is 1. The average Bonchev–Trinajstić information content (AvgIpc) is 2.49. The van der Waals surface area contributed by atoms with Crippen molar-refractivity contribution in [3.8, 4) is 5.75 Å². The fourth-order valence-electron chi connectivity index (χ4n) is 1.80. The summed E-state index contributed by atoms with van der Waals surface area (Å²) in [6.45, 7) is 0. The highest BCUT2D eigenvalue weighted by atomic mass is 16.5. The van der Waals surface area contributed by atoms with E-state index in [4.69, 9.17) is 10.3 Å². The average molecular weight is 267 g/mol. The van der Waals surface area contributed by atoms with Gasteiger partial charge in [-0.15, -0.1) is 0 Å². The molecule has 2 rings (SSSR count). The Balaban J connectivity index is 2.08. The monoisotopic (exact) mass is 267 g/mol. The number of ketones is 1. The van der Waals surface area contributed by atoms with E-state index in [0.717, 1.165) is 11.3 Å². The van der Waals surface area contributed by atoms with Crippen LogP contribution in [0.2, 0.25) is 0 Å². The molecule has 0 aromatic heterocycles. The van der Waals surface area contributed by atoms with Gasteiger partial charge in [0, 0.05) is 22.6 Å². The molecule has 0 saturated carbocycles. The van der Waals surface area contributed by atoms with Gasteiger partial charge in [-0.1, -0.05) is 29.4 Å². The summed E-state index contributed by atoms with van der Waals surface area (Å²) in [5.74, 6) is 0.754. The van der Waals surface area contributed by atoms with Crippen LogP contribution in [0.5, 0.6) is 5.75 Å². The van der Waals surface area contributed by atoms with Crippen LogP contribution >= 0.6 is 0 Å². The summed E-state index contributed by atoms with van der Waals surface area (Å²) in [7, 11) is 1.59. The molecule has 0 atom stereocenters. The Morgan fingerprint density at radius 2 is 1.80 bits per heavy atom. The maximum Gasteiger partial charge on any atom is 0.167 e. The molecule has 2 aromatic carbocycles. The van der Waals surface area contributed by atoms with Crippen molar-refractivity contribution in [1.82, 2.24) is 0 Å². The Bertz CT molecular complexity index is 642. The maximum atomic E-state index is 12.1. The third-order valence-corrected chi connectivity index (χ3v) is 2.87. The van der Waals surface area contributed by atoms with Crippen molar-refractivity contribution in [3.63, 3.8) is 0 Å². The number of carbonyl (C=O) groups is 1. The minimum Gasteiger partial charge on any atom is -0.497 e. The molecule has 0 fully saturated rings. The van der Waals surface area contributed by atoms with Crippen LogP contribution in [0.1, 0.15) is 15.9 Å². The summed E-state index contributed by atoms with van der Waals surface area (Å²) in [5, 5.41) is 3.49. The van der Waals surface area contributed by atoms with Crippen molar-refractivity contribution in [2.75, 3.05) is 7.11 Å². The van der Waals surface area contributed by atoms with Crippen LogP contribution < -0.4 is 4.74 Å². The van der Waals surface area contributed by atoms with Crippen molar-refractivity contribution < 1.29 is 9.53 Å². The smallest absolute Gasteiger partial charge is 0.167 e. The molecule has 0 radical (unpaired) electrons. The molecule has 20 heavy (non-hydrogen) atoms. The molecular weight excluding hydrogens is 254 g/mol. The normalized spacial score (nSPS) is 9.65. The Morgan fingerprint density at radius 3 is 2.35 bits per heavy atom. The second-order valence-electron chi connectivity index (χ2n) is 4.18. The molecule has 0 aliphatic rings. The van der Waals surface area contributed by atoms with Crippen LogP contribution in [-0.4, -0.2) is 12.9 Å². The molecule has 0 aliphatic carbocycles. The zero-order chi connectivity index (χ0) is 14.4. The maximum absolute atomic E-state index is 12.1. The third-order valence-electron chi connectivity index (χ3n) is 2.87. The van der Waals surface area contributed by atoms with Gasteiger partial charge in [-0.05, 0) is 35.4 Å². The van der Waals surface area contributed by atoms with E-state index >= 15 is 0 Å². The van der Waals surface area contributed by atoms with Gasteiger partial charge in [-0.2, -0.15) is 0 Å². The first-order valence-electron chi connectivity index (χ1n) is 6.04. The van der Waals surface area contributed by atoms with Gasteiger partial charge >= 0.3 is 0 Å². The molecule has 0 bridgehead atoms. The van der Waals surface area contributed by atoms with Crippen molar-refractivity contribution in [2.45, 2.75) is 6.42 Å². The molecule has 0 amide bonds. The van der Waals surface area contributed by atoms with E-state index in [1.807, 2.05) is 0 Å². The van der Waals surface area contributed by atoms with Gasteiger partial charge in [0.25, 0.3) is 0 Å². The zero-order valence-corrected chi connectivity index (χ0v) is 11.0. The fourth-order valence-corrected chi connectivity index (χ4v) is 1.80. The van der Waals surface area contributed by atoms with E-state index in [-0.39, 0.29) is 5.78 Å². The lowest BCUT2D eigenvalue weighted by molar-refractivity contribution is 0.0993. The number of methoxy groups -OCH3 is 1. The van der Waals surface area contributed by atoms with E-state index in [2.05, 4.69) is 10.0 Å². The second-order valence-corrected chi connectivity index (χ2v) is 4.18. The quantitative estimate of drug-likeness (QED) is 0.354. The predicted octanol–water partition coefficient (Wildman–Crippen LogP) is 4.06. The molecule has 5 nitrogen and oxygen atoms in total. The van der Waals surface area contributed by atoms with Gasteiger partial charge in [-0.3, -0.25) is 4.79 Å². The van der Waals surface area contributed by atoms with E-state index in [1.54, 1.807) is 55.6 Å². The molecule has 100 valence electrons. The zero-order valence-electron chi connectivity index (χ0n) is 11.0. The first-order valence-corrected chi connectivity index (χ1v) is 6.04. The second kappa shape index (κ2) is 6.41. The predicted molar refractivity (Wildman–Crippen MR) is 76.3 cm³/mol. The van der Waals surface area contributed by atoms with Crippen LogP contribution in [0.3, 0.4) is 0 Å². The SMILES string of the molecule is COc1ccc(C(=O)Cc2ccc(N=[N+]=[N-])cc2)cc1. The van der Waals surface area contributed by atoms with Crippen molar-refractivity contribution in [3.05, 3.63) is 70.1 Å². The highest BCUT2D eigenvalue weighted by Crippen LogP contribution is 2.16. The minimum absolute atomic E-state index is 0.0317. The van der Waals surface area contributed by atoms with Crippen LogP contribution in [0, 0.1) is 0 Å². The Hall–Kier alpha value is -2.78. The van der Waals surface area contributed by atoms with Gasteiger partial charge in [0.05, 0.1) is 7.11 Å². The number of rotatable bonds is 5. The molecule has 0 aliphatic heterocycles. The number of Topliss-reactive ketones (excluding diaryl/α,β-unsaturated/α-hetero) is 1. The summed E-state index contributed by atoms with van der Waals surface area (Å²) in [6, 6.07) is 14.0. The number of nitrogens with zero attached hydrogens (tertiary/aromatic N) is 3. The molecule has 0 saturated heterocycles. The van der Waals surface area contributed by atoms with E-state index in [9.17, 15) is 4.79 Å². The van der Waals surface area contributed by atoms with Gasteiger partial charge in [-0.25, -0.2) is 0 Å². The Kier molecular flexibility index (Phi) is 4.37. The topological polar surface area (TPSA) is 75.1 Å². The summed E-state index contributed by atoms with van der Waals surface area (Å²) < 4.78 is 5.05. The largest absolute Gasteiger partial charge is 0.497 e. The fraction of sp³-hybridized carbons (Fsp3) is 0.133. The van der Waals surface area contributed by atoms with E-state index < -0.39 is 0 Å². The van der Waals surface area contributed by atoms with E-state index in [0.29, 0.717) is 17.7 Å². The highest BCUT2D eigenvalue weighted by Gasteiger charge is 2.07. The lowest BCUT2D eigenvalue weighted by atomic mass is 10.0. The first-order chi connectivity index (χ1) is 9.72.